The summed E-state index contributed by atoms with van der Waals surface area (Å²) in [6.45, 7) is 6.49. The lowest BCUT2D eigenvalue weighted by Crippen LogP contribution is -2.05. The van der Waals surface area contributed by atoms with E-state index in [1.165, 1.54) is 0 Å². The highest BCUT2D eigenvalue weighted by Crippen LogP contribution is 2.21. The zero-order valence-corrected chi connectivity index (χ0v) is 8.09. The van der Waals surface area contributed by atoms with E-state index in [1.54, 1.807) is 0 Å². The van der Waals surface area contributed by atoms with Gasteiger partial charge >= 0.3 is 5.97 Å². The quantitative estimate of drug-likeness (QED) is 0.405. The maximum atomic E-state index is 10.5. The Balaban J connectivity index is 3.28. The molecule has 3 nitrogen and oxygen atoms in total. The van der Waals surface area contributed by atoms with Crippen molar-refractivity contribution in [1.82, 2.24) is 0 Å². The van der Waals surface area contributed by atoms with Crippen molar-refractivity contribution in [3.8, 4) is 0 Å². The van der Waals surface area contributed by atoms with E-state index in [1.807, 2.05) is 0 Å². The normalized spacial score (nSPS) is 11.3. The fraction of sp³-hybridized carbons (Fsp3) is 0.889. The molecule has 0 aliphatic rings. The first-order valence-corrected chi connectivity index (χ1v) is 4.30. The highest BCUT2D eigenvalue weighted by atomic mass is 17.1. The van der Waals surface area contributed by atoms with Crippen molar-refractivity contribution >= 4 is 5.97 Å². The molecule has 0 aliphatic heterocycles. The van der Waals surface area contributed by atoms with Gasteiger partial charge in [0, 0.05) is 6.42 Å². The Morgan fingerprint density at radius 2 is 1.92 bits per heavy atom. The molecule has 0 unspecified atom stereocenters. The predicted octanol–water partition coefficient (Wildman–Crippen LogP) is 2.61. The molecule has 1 N–H and O–H groups in total. The summed E-state index contributed by atoms with van der Waals surface area (Å²) in [5.74, 6) is -0.538. The second-order valence-corrected chi connectivity index (χ2v) is 4.23. The van der Waals surface area contributed by atoms with Crippen LogP contribution >= 0.6 is 0 Å². The van der Waals surface area contributed by atoms with Crippen LogP contribution in [0.15, 0.2) is 0 Å². The van der Waals surface area contributed by atoms with Gasteiger partial charge in [0.1, 0.15) is 0 Å². The Labute approximate surface area is 73.7 Å². The van der Waals surface area contributed by atoms with Gasteiger partial charge in [-0.25, -0.2) is 4.79 Å². The lowest BCUT2D eigenvalue weighted by atomic mass is 9.89. The minimum absolute atomic E-state index is 0.312. The summed E-state index contributed by atoms with van der Waals surface area (Å²) >= 11 is 0. The summed E-state index contributed by atoms with van der Waals surface area (Å²) < 4.78 is 0. The molecule has 0 aromatic heterocycles. The predicted molar refractivity (Wildman–Crippen MR) is 46.6 cm³/mol. The molecule has 12 heavy (non-hydrogen) atoms. The molecule has 0 aliphatic carbocycles. The van der Waals surface area contributed by atoms with E-state index in [2.05, 4.69) is 25.7 Å². The van der Waals surface area contributed by atoms with Crippen molar-refractivity contribution in [3.05, 3.63) is 0 Å². The molecule has 0 atom stereocenters. The van der Waals surface area contributed by atoms with Crippen molar-refractivity contribution in [1.29, 1.82) is 0 Å². The van der Waals surface area contributed by atoms with Crippen LogP contribution in [0.5, 0.6) is 0 Å². The maximum Gasteiger partial charge on any atom is 0.342 e. The van der Waals surface area contributed by atoms with Gasteiger partial charge in [-0.3, -0.25) is 0 Å². The lowest BCUT2D eigenvalue weighted by Gasteiger charge is -2.16. The van der Waals surface area contributed by atoms with Gasteiger partial charge in [-0.1, -0.05) is 27.2 Å². The molecule has 72 valence electrons. The molecule has 0 fully saturated rings. The lowest BCUT2D eigenvalue weighted by molar-refractivity contribution is -0.234. The summed E-state index contributed by atoms with van der Waals surface area (Å²) in [7, 11) is 0. The van der Waals surface area contributed by atoms with Gasteiger partial charge in [0.05, 0.1) is 0 Å². The summed E-state index contributed by atoms with van der Waals surface area (Å²) in [5.41, 5.74) is 0.323. The van der Waals surface area contributed by atoms with E-state index in [0.29, 0.717) is 11.8 Å². The van der Waals surface area contributed by atoms with Crippen molar-refractivity contribution in [2.24, 2.45) is 5.41 Å². The van der Waals surface area contributed by atoms with Crippen molar-refractivity contribution in [2.75, 3.05) is 0 Å². The number of carbonyl (C=O) groups is 1. The van der Waals surface area contributed by atoms with Crippen LogP contribution in [0.3, 0.4) is 0 Å². The third-order valence-electron chi connectivity index (χ3n) is 1.66. The summed E-state index contributed by atoms with van der Waals surface area (Å²) in [6.07, 6.45) is 3.19. The number of carbonyl (C=O) groups excluding carboxylic acids is 1. The van der Waals surface area contributed by atoms with Gasteiger partial charge in [0.2, 0.25) is 0 Å². The minimum atomic E-state index is -0.538. The summed E-state index contributed by atoms with van der Waals surface area (Å²) in [6, 6.07) is 0. The second kappa shape index (κ2) is 5.14. The fourth-order valence-electron chi connectivity index (χ4n) is 0.970. The number of unbranched alkanes of at least 4 members (excludes halogenated alkanes) is 1. The van der Waals surface area contributed by atoms with Gasteiger partial charge in [0.15, 0.2) is 0 Å². The van der Waals surface area contributed by atoms with Crippen LogP contribution in [0.25, 0.3) is 0 Å². The zero-order chi connectivity index (χ0) is 9.61. The summed E-state index contributed by atoms with van der Waals surface area (Å²) in [5, 5.41) is 7.94. The molecule has 0 aromatic carbocycles. The molecule has 3 heteroatoms. The van der Waals surface area contributed by atoms with Gasteiger partial charge in [-0.2, -0.15) is 5.26 Å². The first-order chi connectivity index (χ1) is 5.45. The van der Waals surface area contributed by atoms with Crippen molar-refractivity contribution < 1.29 is 14.9 Å². The Hall–Kier alpha value is -0.570. The van der Waals surface area contributed by atoms with E-state index >= 15 is 0 Å². The largest absolute Gasteiger partial charge is 0.342 e. The fourth-order valence-corrected chi connectivity index (χ4v) is 0.970. The average Bonchev–Trinajstić information content (AvgIpc) is 1.96. The van der Waals surface area contributed by atoms with Crippen LogP contribution in [-0.4, -0.2) is 11.2 Å². The Kier molecular flexibility index (Phi) is 4.90. The summed E-state index contributed by atoms with van der Waals surface area (Å²) in [4.78, 5) is 14.0. The highest BCUT2D eigenvalue weighted by Gasteiger charge is 2.10. The smallest absolute Gasteiger partial charge is 0.301 e. The molecule has 0 bridgehead atoms. The van der Waals surface area contributed by atoms with Crippen LogP contribution in [0.2, 0.25) is 0 Å². The van der Waals surface area contributed by atoms with Crippen LogP contribution in [0, 0.1) is 5.41 Å². The van der Waals surface area contributed by atoms with E-state index < -0.39 is 5.97 Å². The molecular weight excluding hydrogens is 156 g/mol. The van der Waals surface area contributed by atoms with Gasteiger partial charge < -0.3 is 4.89 Å². The van der Waals surface area contributed by atoms with E-state index in [4.69, 9.17) is 5.26 Å². The third kappa shape index (κ3) is 7.54. The number of rotatable bonds is 4. The molecule has 0 amide bonds. The molecule has 0 spiro atoms. The monoisotopic (exact) mass is 174 g/mol. The SMILES string of the molecule is CC(C)(C)CCCCC(=O)OO. The van der Waals surface area contributed by atoms with E-state index in [9.17, 15) is 4.79 Å². The molecule has 0 saturated heterocycles. The van der Waals surface area contributed by atoms with E-state index in [0.717, 1.165) is 19.3 Å². The highest BCUT2D eigenvalue weighted by molar-refractivity contribution is 5.68. The molecule has 0 rings (SSSR count). The first-order valence-electron chi connectivity index (χ1n) is 4.30. The van der Waals surface area contributed by atoms with Gasteiger partial charge in [-0.05, 0) is 18.3 Å². The Morgan fingerprint density at radius 1 is 1.33 bits per heavy atom. The first kappa shape index (κ1) is 11.4. The van der Waals surface area contributed by atoms with Gasteiger partial charge in [-0.15, -0.1) is 0 Å². The maximum absolute atomic E-state index is 10.5. The molecular formula is C9H18O3. The van der Waals surface area contributed by atoms with Crippen molar-refractivity contribution in [3.63, 3.8) is 0 Å². The van der Waals surface area contributed by atoms with Gasteiger partial charge in [0.25, 0.3) is 0 Å². The third-order valence-corrected chi connectivity index (χ3v) is 1.66. The van der Waals surface area contributed by atoms with Crippen LogP contribution in [0.1, 0.15) is 46.5 Å². The molecule has 0 heterocycles. The number of hydrogen-bond donors (Lipinski definition) is 1. The topological polar surface area (TPSA) is 46.5 Å². The molecule has 0 radical (unpaired) electrons. The van der Waals surface area contributed by atoms with Crippen LogP contribution in [-0.2, 0) is 9.68 Å². The van der Waals surface area contributed by atoms with Crippen molar-refractivity contribution in [2.45, 2.75) is 46.5 Å². The molecule has 0 saturated carbocycles. The second-order valence-electron chi connectivity index (χ2n) is 4.23. The van der Waals surface area contributed by atoms with E-state index in [-0.39, 0.29) is 0 Å². The van der Waals surface area contributed by atoms with Crippen LogP contribution in [0.4, 0.5) is 0 Å². The average molecular weight is 174 g/mol. The minimum Gasteiger partial charge on any atom is -0.301 e. The standard InChI is InChI=1S/C9H18O3/c1-9(2,3)7-5-4-6-8(10)12-11/h11H,4-7H2,1-3H3. The Morgan fingerprint density at radius 3 is 2.33 bits per heavy atom. The zero-order valence-electron chi connectivity index (χ0n) is 8.09. The Bertz CT molecular complexity index is 135. The van der Waals surface area contributed by atoms with Crippen LogP contribution < -0.4 is 0 Å². The number of hydrogen-bond acceptors (Lipinski definition) is 3. The molecule has 0 aromatic rings.